The summed E-state index contributed by atoms with van der Waals surface area (Å²) in [4.78, 5) is 13.0. The van der Waals surface area contributed by atoms with Crippen molar-refractivity contribution in [1.29, 1.82) is 0 Å². The van der Waals surface area contributed by atoms with Gasteiger partial charge in [-0.15, -0.1) is 0 Å². The van der Waals surface area contributed by atoms with E-state index >= 15 is 0 Å². The molecule has 0 aromatic heterocycles. The van der Waals surface area contributed by atoms with E-state index in [2.05, 4.69) is 31.3 Å². The van der Waals surface area contributed by atoms with E-state index in [9.17, 15) is 45.6 Å². The minimum atomic E-state index is -1.78. The Bertz CT molecular complexity index is 1030. The fourth-order valence-electron chi connectivity index (χ4n) is 6.80. The van der Waals surface area contributed by atoms with E-state index in [1.165, 1.54) is 51.4 Å². The molecular formula is C41H75NO13. The van der Waals surface area contributed by atoms with E-state index in [0.29, 0.717) is 6.42 Å². The van der Waals surface area contributed by atoms with Gasteiger partial charge in [0.2, 0.25) is 5.91 Å². The number of aliphatic hydroxyl groups excluding tert-OH is 8. The molecule has 0 saturated carbocycles. The van der Waals surface area contributed by atoms with Crippen molar-refractivity contribution in [3.63, 3.8) is 0 Å². The monoisotopic (exact) mass is 790 g/mol. The molecule has 14 nitrogen and oxygen atoms in total. The van der Waals surface area contributed by atoms with E-state index in [-0.39, 0.29) is 18.9 Å². The van der Waals surface area contributed by atoms with Gasteiger partial charge >= 0.3 is 0 Å². The average Bonchev–Trinajstić information content (AvgIpc) is 3.18. The van der Waals surface area contributed by atoms with Crippen LogP contribution in [0.2, 0.25) is 0 Å². The molecule has 0 spiro atoms. The maximum atomic E-state index is 13.0. The molecule has 2 saturated heterocycles. The van der Waals surface area contributed by atoms with Gasteiger partial charge in [0, 0.05) is 6.42 Å². The lowest BCUT2D eigenvalue weighted by Gasteiger charge is -2.46. The van der Waals surface area contributed by atoms with E-state index in [0.717, 1.165) is 57.8 Å². The molecule has 2 rings (SSSR count). The van der Waals surface area contributed by atoms with Crippen LogP contribution >= 0.6 is 0 Å². The van der Waals surface area contributed by atoms with E-state index in [1.54, 1.807) is 6.08 Å². The normalized spacial score (nSPS) is 29.9. The van der Waals surface area contributed by atoms with Crippen LogP contribution in [0.1, 0.15) is 136 Å². The highest BCUT2D eigenvalue weighted by molar-refractivity contribution is 5.76. The van der Waals surface area contributed by atoms with Crippen molar-refractivity contribution in [2.24, 2.45) is 0 Å². The smallest absolute Gasteiger partial charge is 0.220 e. The zero-order chi connectivity index (χ0) is 40.4. The molecule has 2 heterocycles. The number of amides is 1. The molecule has 0 aromatic carbocycles. The molecule has 14 heteroatoms. The van der Waals surface area contributed by atoms with Crippen molar-refractivity contribution >= 4 is 5.91 Å². The second-order valence-corrected chi connectivity index (χ2v) is 15.1. The van der Waals surface area contributed by atoms with Gasteiger partial charge in [0.1, 0.15) is 48.8 Å². The Morgan fingerprint density at radius 2 is 1.16 bits per heavy atom. The molecule has 0 aliphatic carbocycles. The first-order chi connectivity index (χ1) is 26.6. The maximum Gasteiger partial charge on any atom is 0.220 e. The number of ether oxygens (including phenoxy) is 4. The van der Waals surface area contributed by atoms with Crippen LogP contribution in [0.25, 0.3) is 0 Å². The standard InChI is InChI=1S/C41H75NO13/c1-3-5-7-9-11-13-15-17-19-21-23-25-33(46)42-29(30(45)24-22-20-18-16-14-12-10-8-6-4-2)28-52-40-38(51)36(49)39(32(27-44)54-40)55-41-37(50)35(48)34(47)31(26-43)53-41/h9,11,22,24,29-32,34-41,43-45,47-51H,3-8,10,12-21,23,25-28H2,1-2H3,(H,42,46)/b11-9-,24-22+. The SMILES string of the molecule is CCCC/C=C\CCCCCCCC(=O)NC(COC1OC(CO)C(OC2OC(CO)C(O)C(O)C2O)C(O)C1O)C(O)/C=C/CCCCCCCCCC. The predicted octanol–water partition coefficient (Wildman–Crippen LogP) is 3.04. The Kier molecular flexibility index (Phi) is 26.7. The number of hydrogen-bond acceptors (Lipinski definition) is 13. The lowest BCUT2D eigenvalue weighted by atomic mass is 9.97. The van der Waals surface area contributed by atoms with Gasteiger partial charge in [-0.05, 0) is 38.5 Å². The maximum absolute atomic E-state index is 13.0. The van der Waals surface area contributed by atoms with Crippen molar-refractivity contribution in [2.75, 3.05) is 19.8 Å². The molecule has 322 valence electrons. The van der Waals surface area contributed by atoms with Gasteiger partial charge in [-0.25, -0.2) is 0 Å². The summed E-state index contributed by atoms with van der Waals surface area (Å²) >= 11 is 0. The molecule has 12 atom stereocenters. The summed E-state index contributed by atoms with van der Waals surface area (Å²) in [5.74, 6) is -0.255. The van der Waals surface area contributed by atoms with Crippen molar-refractivity contribution in [3.8, 4) is 0 Å². The minimum absolute atomic E-state index is 0.255. The Morgan fingerprint density at radius 1 is 0.636 bits per heavy atom. The zero-order valence-corrected chi connectivity index (χ0v) is 33.4. The molecule has 9 N–H and O–H groups in total. The van der Waals surface area contributed by atoms with Crippen LogP contribution in [0.4, 0.5) is 0 Å². The Morgan fingerprint density at radius 3 is 1.78 bits per heavy atom. The van der Waals surface area contributed by atoms with Gasteiger partial charge < -0.3 is 65.1 Å². The van der Waals surface area contributed by atoms with Crippen LogP contribution < -0.4 is 5.32 Å². The minimum Gasteiger partial charge on any atom is -0.394 e. The number of rotatable bonds is 30. The van der Waals surface area contributed by atoms with Gasteiger partial charge in [0.25, 0.3) is 0 Å². The topological polar surface area (TPSA) is 228 Å². The molecule has 12 unspecified atom stereocenters. The molecule has 55 heavy (non-hydrogen) atoms. The Balaban J connectivity index is 1.95. The van der Waals surface area contributed by atoms with Crippen molar-refractivity contribution in [1.82, 2.24) is 5.32 Å². The summed E-state index contributed by atoms with van der Waals surface area (Å²) < 4.78 is 22.5. The fraction of sp³-hybridized carbons (Fsp3) is 0.878. The third kappa shape index (κ3) is 18.7. The molecule has 0 radical (unpaired) electrons. The number of hydrogen-bond donors (Lipinski definition) is 9. The van der Waals surface area contributed by atoms with Crippen molar-refractivity contribution < 1.29 is 64.6 Å². The highest BCUT2D eigenvalue weighted by atomic mass is 16.7. The molecule has 2 aliphatic heterocycles. The van der Waals surface area contributed by atoms with Crippen LogP contribution in [0, 0.1) is 0 Å². The number of unbranched alkanes of at least 4 members (excludes halogenated alkanes) is 15. The number of carbonyl (C=O) groups excluding carboxylic acids is 1. The summed E-state index contributed by atoms with van der Waals surface area (Å²) in [6.45, 7) is 2.67. The second kappa shape index (κ2) is 29.6. The summed E-state index contributed by atoms with van der Waals surface area (Å²) in [6.07, 6.45) is 11.0. The predicted molar refractivity (Wildman–Crippen MR) is 208 cm³/mol. The molecule has 2 fully saturated rings. The highest BCUT2D eigenvalue weighted by Gasteiger charge is 2.50. The number of aliphatic hydroxyl groups is 8. The summed E-state index contributed by atoms with van der Waals surface area (Å²) in [7, 11) is 0. The quantitative estimate of drug-likeness (QED) is 0.0377. The van der Waals surface area contributed by atoms with Crippen LogP contribution in [-0.4, -0.2) is 140 Å². The van der Waals surface area contributed by atoms with Crippen LogP contribution in [0.3, 0.4) is 0 Å². The largest absolute Gasteiger partial charge is 0.394 e. The van der Waals surface area contributed by atoms with E-state index in [4.69, 9.17) is 18.9 Å². The molecule has 2 aliphatic rings. The number of nitrogens with one attached hydrogen (secondary N) is 1. The third-order valence-electron chi connectivity index (χ3n) is 10.4. The number of carbonyl (C=O) groups is 1. The van der Waals surface area contributed by atoms with E-state index in [1.807, 2.05) is 6.08 Å². The first-order valence-electron chi connectivity index (χ1n) is 21.1. The third-order valence-corrected chi connectivity index (χ3v) is 10.4. The summed E-state index contributed by atoms with van der Waals surface area (Å²) in [6, 6.07) is -0.912. The molecular weight excluding hydrogens is 714 g/mol. The summed E-state index contributed by atoms with van der Waals surface area (Å²) in [5.41, 5.74) is 0. The van der Waals surface area contributed by atoms with Gasteiger partial charge in [-0.1, -0.05) is 115 Å². The average molecular weight is 790 g/mol. The van der Waals surface area contributed by atoms with Gasteiger partial charge in [-0.2, -0.15) is 0 Å². The first kappa shape index (κ1) is 49.6. The van der Waals surface area contributed by atoms with E-state index < -0.39 is 86.8 Å². The molecule has 0 aromatic rings. The first-order valence-corrected chi connectivity index (χ1v) is 21.1. The summed E-state index contributed by atoms with van der Waals surface area (Å²) in [5, 5.41) is 86.1. The highest BCUT2D eigenvalue weighted by Crippen LogP contribution is 2.30. The number of allylic oxidation sites excluding steroid dienone is 3. The molecule has 1 amide bonds. The fourth-order valence-corrected chi connectivity index (χ4v) is 6.80. The molecule has 0 bridgehead atoms. The van der Waals surface area contributed by atoms with Gasteiger partial charge in [0.05, 0.1) is 32.0 Å². The van der Waals surface area contributed by atoms with Crippen LogP contribution in [0.5, 0.6) is 0 Å². The van der Waals surface area contributed by atoms with Gasteiger partial charge in [-0.3, -0.25) is 4.79 Å². The van der Waals surface area contributed by atoms with Crippen LogP contribution in [-0.2, 0) is 23.7 Å². The van der Waals surface area contributed by atoms with Crippen molar-refractivity contribution in [2.45, 2.75) is 209 Å². The Hall–Kier alpha value is -1.53. The van der Waals surface area contributed by atoms with Crippen LogP contribution in [0.15, 0.2) is 24.3 Å². The van der Waals surface area contributed by atoms with Crippen molar-refractivity contribution in [3.05, 3.63) is 24.3 Å². The Labute approximate surface area is 328 Å². The zero-order valence-electron chi connectivity index (χ0n) is 33.4. The van der Waals surface area contributed by atoms with Gasteiger partial charge in [0.15, 0.2) is 12.6 Å². The lowest BCUT2D eigenvalue weighted by Crippen LogP contribution is -2.65. The second-order valence-electron chi connectivity index (χ2n) is 15.1. The lowest BCUT2D eigenvalue weighted by molar-refractivity contribution is -0.359.